The number of nitrogens with zero attached hydrogens (tertiary/aromatic N) is 3. The number of benzene rings is 1. The third-order valence-electron chi connectivity index (χ3n) is 3.46. The van der Waals surface area contributed by atoms with Crippen LogP contribution in [0.4, 0.5) is 0 Å². The van der Waals surface area contributed by atoms with Crippen molar-refractivity contribution in [2.24, 2.45) is 0 Å². The van der Waals surface area contributed by atoms with Gasteiger partial charge in [0.1, 0.15) is 11.3 Å². The van der Waals surface area contributed by atoms with E-state index in [1.54, 1.807) is 13.4 Å². The van der Waals surface area contributed by atoms with Crippen molar-refractivity contribution >= 4 is 11.2 Å². The molecule has 0 bridgehead atoms. The molecule has 2 heterocycles. The number of imidazole rings is 1. The molecule has 1 aromatic carbocycles. The fraction of sp³-hybridized carbons (Fsp3) is 0.250. The molecule has 0 radical (unpaired) electrons. The Morgan fingerprint density at radius 2 is 2.00 bits per heavy atom. The molecule has 108 valence electrons. The van der Waals surface area contributed by atoms with Gasteiger partial charge in [-0.2, -0.15) is 0 Å². The van der Waals surface area contributed by atoms with E-state index >= 15 is 0 Å². The quantitative estimate of drug-likeness (QED) is 0.798. The number of rotatable bonds is 4. The van der Waals surface area contributed by atoms with Crippen LogP contribution in [0, 0.1) is 6.92 Å². The highest BCUT2D eigenvalue weighted by Crippen LogP contribution is 2.19. The van der Waals surface area contributed by atoms with Gasteiger partial charge in [0.25, 0.3) is 0 Å². The van der Waals surface area contributed by atoms with E-state index in [0.29, 0.717) is 6.54 Å². The predicted octanol–water partition coefficient (Wildman–Crippen LogP) is 2.29. The Morgan fingerprint density at radius 1 is 1.24 bits per heavy atom. The molecule has 0 spiro atoms. The summed E-state index contributed by atoms with van der Waals surface area (Å²) >= 11 is 0. The van der Waals surface area contributed by atoms with Crippen molar-refractivity contribution in [3.63, 3.8) is 0 Å². The van der Waals surface area contributed by atoms with Gasteiger partial charge in [0.05, 0.1) is 26.6 Å². The first-order chi connectivity index (χ1) is 10.2. The molecule has 1 N–H and O–H groups in total. The summed E-state index contributed by atoms with van der Waals surface area (Å²) in [5.74, 6) is 0.839. The van der Waals surface area contributed by atoms with Crippen LogP contribution in [0.15, 0.2) is 36.7 Å². The summed E-state index contributed by atoms with van der Waals surface area (Å²) in [5.41, 5.74) is 4.39. The van der Waals surface area contributed by atoms with E-state index < -0.39 is 0 Å². The van der Waals surface area contributed by atoms with Gasteiger partial charge >= 0.3 is 0 Å². The smallest absolute Gasteiger partial charge is 0.160 e. The Kier molecular flexibility index (Phi) is 3.58. The number of hydrogen-bond acceptors (Lipinski definition) is 4. The second kappa shape index (κ2) is 5.54. The monoisotopic (exact) mass is 283 g/mol. The fourth-order valence-electron chi connectivity index (χ4n) is 2.40. The number of aromatic nitrogens is 3. The zero-order valence-electron chi connectivity index (χ0n) is 12.1. The van der Waals surface area contributed by atoms with Crippen LogP contribution >= 0.6 is 0 Å². The van der Waals surface area contributed by atoms with Gasteiger partial charge in [0.2, 0.25) is 0 Å². The highest BCUT2D eigenvalue weighted by molar-refractivity contribution is 5.75. The van der Waals surface area contributed by atoms with E-state index in [1.807, 2.05) is 41.8 Å². The van der Waals surface area contributed by atoms with E-state index in [4.69, 9.17) is 4.74 Å². The summed E-state index contributed by atoms with van der Waals surface area (Å²) in [7, 11) is 1.65. The molecule has 21 heavy (non-hydrogen) atoms. The number of aliphatic hydroxyl groups excluding tert-OH is 1. The van der Waals surface area contributed by atoms with Gasteiger partial charge in [0, 0.05) is 11.3 Å². The molecule has 5 heteroatoms. The Balaban J connectivity index is 1.98. The van der Waals surface area contributed by atoms with Crippen molar-refractivity contribution in [1.82, 2.24) is 14.5 Å². The van der Waals surface area contributed by atoms with Crippen LogP contribution in [0.5, 0.6) is 5.75 Å². The van der Waals surface area contributed by atoms with Crippen LogP contribution in [-0.2, 0) is 13.2 Å². The molecule has 0 saturated carbocycles. The normalized spacial score (nSPS) is 11.0. The van der Waals surface area contributed by atoms with Crippen molar-refractivity contribution in [3.05, 3.63) is 53.5 Å². The second-order valence-corrected chi connectivity index (χ2v) is 4.97. The Hall–Kier alpha value is -2.40. The van der Waals surface area contributed by atoms with Crippen LogP contribution in [0.25, 0.3) is 11.2 Å². The number of ether oxygens (including phenoxy) is 1. The topological polar surface area (TPSA) is 60.2 Å². The van der Waals surface area contributed by atoms with Crippen molar-refractivity contribution in [3.8, 4) is 5.75 Å². The van der Waals surface area contributed by atoms with E-state index in [-0.39, 0.29) is 6.61 Å². The molecule has 0 fully saturated rings. The fourth-order valence-corrected chi connectivity index (χ4v) is 2.40. The average molecular weight is 283 g/mol. The molecule has 0 atom stereocenters. The summed E-state index contributed by atoms with van der Waals surface area (Å²) in [6, 6.07) is 9.78. The minimum atomic E-state index is -0.0284. The molecular formula is C16H17N3O2. The van der Waals surface area contributed by atoms with Crippen LogP contribution in [0.2, 0.25) is 0 Å². The Morgan fingerprint density at radius 3 is 2.67 bits per heavy atom. The predicted molar refractivity (Wildman–Crippen MR) is 80.3 cm³/mol. The van der Waals surface area contributed by atoms with Gasteiger partial charge in [-0.15, -0.1) is 0 Å². The standard InChI is InChI=1S/C16H17N3O2/c1-11-7-13(9-20)15-16(18-11)19(10-17-15)8-12-3-5-14(21-2)6-4-12/h3-7,10,20H,8-9H2,1-2H3. The Labute approximate surface area is 122 Å². The number of methoxy groups -OCH3 is 1. The van der Waals surface area contributed by atoms with Crippen molar-refractivity contribution in [1.29, 1.82) is 0 Å². The third-order valence-corrected chi connectivity index (χ3v) is 3.46. The summed E-state index contributed by atoms with van der Waals surface area (Å²) < 4.78 is 7.15. The second-order valence-electron chi connectivity index (χ2n) is 4.97. The lowest BCUT2D eigenvalue weighted by molar-refractivity contribution is 0.283. The first kappa shape index (κ1) is 13.6. The van der Waals surface area contributed by atoms with E-state index in [1.165, 1.54) is 0 Å². The van der Waals surface area contributed by atoms with Gasteiger partial charge in [-0.3, -0.25) is 0 Å². The molecule has 0 unspecified atom stereocenters. The summed E-state index contributed by atoms with van der Waals surface area (Å²) in [6.45, 7) is 2.57. The number of hydrogen-bond donors (Lipinski definition) is 1. The van der Waals surface area contributed by atoms with Crippen molar-refractivity contribution < 1.29 is 9.84 Å². The van der Waals surface area contributed by atoms with Crippen LogP contribution in [-0.4, -0.2) is 26.8 Å². The van der Waals surface area contributed by atoms with Crippen molar-refractivity contribution in [2.45, 2.75) is 20.1 Å². The van der Waals surface area contributed by atoms with E-state index in [0.717, 1.165) is 33.7 Å². The van der Waals surface area contributed by atoms with Crippen LogP contribution < -0.4 is 4.74 Å². The summed E-state index contributed by atoms with van der Waals surface area (Å²) in [6.07, 6.45) is 1.76. The molecule has 0 aliphatic rings. The molecule has 5 nitrogen and oxygen atoms in total. The van der Waals surface area contributed by atoms with Gasteiger partial charge in [-0.05, 0) is 30.7 Å². The maximum absolute atomic E-state index is 9.43. The van der Waals surface area contributed by atoms with Gasteiger partial charge < -0.3 is 14.4 Å². The molecular weight excluding hydrogens is 266 g/mol. The maximum Gasteiger partial charge on any atom is 0.160 e. The van der Waals surface area contributed by atoms with Gasteiger partial charge in [-0.1, -0.05) is 12.1 Å². The zero-order chi connectivity index (χ0) is 14.8. The first-order valence-corrected chi connectivity index (χ1v) is 6.76. The highest BCUT2D eigenvalue weighted by Gasteiger charge is 2.10. The number of fused-ring (bicyclic) bond motifs is 1. The number of pyridine rings is 1. The Bertz CT molecular complexity index is 763. The minimum Gasteiger partial charge on any atom is -0.497 e. The summed E-state index contributed by atoms with van der Waals surface area (Å²) in [5, 5.41) is 9.43. The van der Waals surface area contributed by atoms with E-state index in [2.05, 4.69) is 9.97 Å². The molecule has 2 aromatic heterocycles. The lowest BCUT2D eigenvalue weighted by Crippen LogP contribution is -2.01. The first-order valence-electron chi connectivity index (χ1n) is 6.76. The largest absolute Gasteiger partial charge is 0.497 e. The lowest BCUT2D eigenvalue weighted by Gasteiger charge is -2.07. The number of aliphatic hydroxyl groups is 1. The zero-order valence-corrected chi connectivity index (χ0v) is 12.1. The van der Waals surface area contributed by atoms with E-state index in [9.17, 15) is 5.11 Å². The van der Waals surface area contributed by atoms with Gasteiger partial charge in [0.15, 0.2) is 5.65 Å². The number of aryl methyl sites for hydroxylation is 1. The maximum atomic E-state index is 9.43. The summed E-state index contributed by atoms with van der Waals surface area (Å²) in [4.78, 5) is 8.91. The molecule has 0 amide bonds. The molecule has 3 rings (SSSR count). The van der Waals surface area contributed by atoms with Crippen LogP contribution in [0.3, 0.4) is 0 Å². The third kappa shape index (κ3) is 2.60. The highest BCUT2D eigenvalue weighted by atomic mass is 16.5. The lowest BCUT2D eigenvalue weighted by atomic mass is 10.2. The molecule has 0 saturated heterocycles. The van der Waals surface area contributed by atoms with Crippen LogP contribution in [0.1, 0.15) is 16.8 Å². The minimum absolute atomic E-state index is 0.0284. The van der Waals surface area contributed by atoms with Crippen molar-refractivity contribution in [2.75, 3.05) is 7.11 Å². The average Bonchev–Trinajstić information content (AvgIpc) is 2.90. The molecule has 0 aliphatic heterocycles. The molecule has 0 aliphatic carbocycles. The van der Waals surface area contributed by atoms with Gasteiger partial charge in [-0.25, -0.2) is 9.97 Å². The SMILES string of the molecule is COc1ccc(Cn2cnc3c(CO)cc(C)nc32)cc1. The molecule has 3 aromatic rings.